The van der Waals surface area contributed by atoms with E-state index in [4.69, 9.17) is 23.2 Å². The van der Waals surface area contributed by atoms with Crippen LogP contribution < -0.4 is 0 Å². The van der Waals surface area contributed by atoms with Gasteiger partial charge in [-0.1, -0.05) is 51.6 Å². The molecule has 1 aromatic carbocycles. The summed E-state index contributed by atoms with van der Waals surface area (Å²) < 4.78 is 0. The molecule has 0 atom stereocenters. The molecule has 0 saturated heterocycles. The minimum absolute atomic E-state index is 0.708. The average Bonchev–Trinajstić information content (AvgIpc) is 2.27. The SMILES string of the molecule is Clc1ccc(CN(CCCBr)C2CCC2)c(Cl)c1. The van der Waals surface area contributed by atoms with Gasteiger partial charge in [-0.15, -0.1) is 0 Å². The summed E-state index contributed by atoms with van der Waals surface area (Å²) in [4.78, 5) is 2.56. The molecule has 1 fully saturated rings. The minimum Gasteiger partial charge on any atom is -0.296 e. The number of hydrogen-bond acceptors (Lipinski definition) is 1. The molecule has 0 N–H and O–H groups in total. The molecule has 0 heterocycles. The lowest BCUT2D eigenvalue weighted by atomic mass is 9.91. The second kappa shape index (κ2) is 7.14. The smallest absolute Gasteiger partial charge is 0.0465 e. The van der Waals surface area contributed by atoms with Gasteiger partial charge in [-0.25, -0.2) is 0 Å². The maximum atomic E-state index is 6.25. The predicted molar refractivity (Wildman–Crippen MR) is 82.9 cm³/mol. The molecule has 1 aliphatic rings. The van der Waals surface area contributed by atoms with E-state index in [1.807, 2.05) is 18.2 Å². The van der Waals surface area contributed by atoms with E-state index < -0.39 is 0 Å². The Morgan fingerprint density at radius 2 is 2.06 bits per heavy atom. The van der Waals surface area contributed by atoms with Gasteiger partial charge in [-0.05, 0) is 43.5 Å². The van der Waals surface area contributed by atoms with Crippen molar-refractivity contribution in [1.82, 2.24) is 4.90 Å². The molecule has 0 radical (unpaired) electrons. The summed E-state index contributed by atoms with van der Waals surface area (Å²) in [7, 11) is 0. The fraction of sp³-hybridized carbons (Fsp3) is 0.571. The molecule has 0 aromatic heterocycles. The first-order chi connectivity index (χ1) is 8.70. The number of nitrogens with zero attached hydrogens (tertiary/aromatic N) is 1. The van der Waals surface area contributed by atoms with E-state index in [-0.39, 0.29) is 0 Å². The summed E-state index contributed by atoms with van der Waals surface area (Å²) in [5.74, 6) is 0. The average molecular weight is 351 g/mol. The molecule has 0 spiro atoms. The van der Waals surface area contributed by atoms with Crippen LogP contribution in [-0.4, -0.2) is 22.8 Å². The molecule has 1 nitrogen and oxygen atoms in total. The van der Waals surface area contributed by atoms with E-state index in [1.165, 1.54) is 31.2 Å². The van der Waals surface area contributed by atoms with Crippen molar-refractivity contribution in [2.75, 3.05) is 11.9 Å². The Hall–Kier alpha value is 0.240. The zero-order valence-electron chi connectivity index (χ0n) is 10.3. The van der Waals surface area contributed by atoms with Gasteiger partial charge in [-0.3, -0.25) is 4.90 Å². The van der Waals surface area contributed by atoms with Crippen LogP contribution in [0.3, 0.4) is 0 Å². The fourth-order valence-corrected chi connectivity index (χ4v) is 2.99. The van der Waals surface area contributed by atoms with E-state index >= 15 is 0 Å². The maximum absolute atomic E-state index is 6.25. The number of benzene rings is 1. The lowest BCUT2D eigenvalue weighted by Crippen LogP contribution is -2.40. The highest BCUT2D eigenvalue weighted by Crippen LogP contribution is 2.29. The van der Waals surface area contributed by atoms with E-state index in [1.54, 1.807) is 0 Å². The topological polar surface area (TPSA) is 3.24 Å². The Labute approximate surface area is 128 Å². The summed E-state index contributed by atoms with van der Waals surface area (Å²) in [6.07, 6.45) is 5.20. The zero-order valence-corrected chi connectivity index (χ0v) is 13.4. The summed E-state index contributed by atoms with van der Waals surface area (Å²) >= 11 is 15.7. The molecule has 0 aliphatic heterocycles. The second-order valence-electron chi connectivity index (χ2n) is 4.83. The molecule has 1 aliphatic carbocycles. The van der Waals surface area contributed by atoms with Crippen LogP contribution >= 0.6 is 39.1 Å². The van der Waals surface area contributed by atoms with Gasteiger partial charge in [0.15, 0.2) is 0 Å². The maximum Gasteiger partial charge on any atom is 0.0465 e. The van der Waals surface area contributed by atoms with Crippen LogP contribution in [0.2, 0.25) is 10.0 Å². The van der Waals surface area contributed by atoms with Crippen LogP contribution in [0, 0.1) is 0 Å². The Morgan fingerprint density at radius 1 is 1.28 bits per heavy atom. The van der Waals surface area contributed by atoms with E-state index in [9.17, 15) is 0 Å². The highest BCUT2D eigenvalue weighted by atomic mass is 79.9. The number of rotatable bonds is 6. The van der Waals surface area contributed by atoms with Gasteiger partial charge in [0.1, 0.15) is 0 Å². The third-order valence-corrected chi connectivity index (χ3v) is 4.71. The lowest BCUT2D eigenvalue weighted by Gasteiger charge is -2.37. The first-order valence-electron chi connectivity index (χ1n) is 6.44. The summed E-state index contributed by atoms with van der Waals surface area (Å²) in [5, 5.41) is 2.55. The first-order valence-corrected chi connectivity index (χ1v) is 8.32. The van der Waals surface area contributed by atoms with Crippen molar-refractivity contribution in [2.45, 2.75) is 38.3 Å². The Bertz CT molecular complexity index is 393. The number of halogens is 3. The van der Waals surface area contributed by atoms with Gasteiger partial charge in [0.25, 0.3) is 0 Å². The van der Waals surface area contributed by atoms with Crippen molar-refractivity contribution in [2.24, 2.45) is 0 Å². The molecule has 2 rings (SSSR count). The van der Waals surface area contributed by atoms with E-state index in [0.717, 1.165) is 29.5 Å². The molecule has 0 bridgehead atoms. The lowest BCUT2D eigenvalue weighted by molar-refractivity contribution is 0.120. The summed E-state index contributed by atoms with van der Waals surface area (Å²) in [6, 6.07) is 6.55. The fourth-order valence-electron chi connectivity index (χ4n) is 2.27. The van der Waals surface area contributed by atoms with Crippen molar-refractivity contribution in [3.8, 4) is 0 Å². The van der Waals surface area contributed by atoms with E-state index in [2.05, 4.69) is 20.8 Å². The van der Waals surface area contributed by atoms with Gasteiger partial charge >= 0.3 is 0 Å². The highest BCUT2D eigenvalue weighted by molar-refractivity contribution is 9.09. The molecule has 1 aromatic rings. The highest BCUT2D eigenvalue weighted by Gasteiger charge is 2.24. The largest absolute Gasteiger partial charge is 0.296 e. The molecular weight excluding hydrogens is 333 g/mol. The van der Waals surface area contributed by atoms with Crippen molar-refractivity contribution in [3.63, 3.8) is 0 Å². The molecule has 100 valence electrons. The third kappa shape index (κ3) is 3.86. The first kappa shape index (κ1) is 14.6. The van der Waals surface area contributed by atoms with Crippen LogP contribution in [0.1, 0.15) is 31.2 Å². The Morgan fingerprint density at radius 3 is 2.61 bits per heavy atom. The molecular formula is C14H18BrCl2N. The van der Waals surface area contributed by atoms with Gasteiger partial charge in [0, 0.05) is 28.0 Å². The van der Waals surface area contributed by atoms with Crippen LogP contribution in [0.4, 0.5) is 0 Å². The zero-order chi connectivity index (χ0) is 13.0. The van der Waals surface area contributed by atoms with Gasteiger partial charge in [-0.2, -0.15) is 0 Å². The van der Waals surface area contributed by atoms with Crippen molar-refractivity contribution in [3.05, 3.63) is 33.8 Å². The Balaban J connectivity index is 2.02. The van der Waals surface area contributed by atoms with Crippen LogP contribution in [-0.2, 0) is 6.54 Å². The summed E-state index contributed by atoms with van der Waals surface area (Å²) in [5.41, 5.74) is 1.18. The molecule has 0 amide bonds. The molecule has 0 unspecified atom stereocenters. The van der Waals surface area contributed by atoms with Crippen molar-refractivity contribution < 1.29 is 0 Å². The Kier molecular flexibility index (Phi) is 5.81. The predicted octanol–water partition coefficient (Wildman–Crippen LogP) is 5.13. The molecule has 4 heteroatoms. The molecule has 18 heavy (non-hydrogen) atoms. The van der Waals surface area contributed by atoms with Gasteiger partial charge in [0.05, 0.1) is 0 Å². The second-order valence-corrected chi connectivity index (χ2v) is 6.47. The standard InChI is InChI=1S/C14H18BrCl2N/c15-7-2-8-18(13-3-1-4-13)10-11-5-6-12(16)9-14(11)17/h5-6,9,13H,1-4,7-8,10H2. The number of hydrogen-bond donors (Lipinski definition) is 0. The van der Waals surface area contributed by atoms with Crippen LogP contribution in [0.5, 0.6) is 0 Å². The van der Waals surface area contributed by atoms with Crippen LogP contribution in [0.25, 0.3) is 0 Å². The minimum atomic E-state index is 0.708. The van der Waals surface area contributed by atoms with Crippen molar-refractivity contribution in [1.29, 1.82) is 0 Å². The van der Waals surface area contributed by atoms with Crippen molar-refractivity contribution >= 4 is 39.1 Å². The summed E-state index contributed by atoms with van der Waals surface area (Å²) in [6.45, 7) is 2.07. The monoisotopic (exact) mass is 349 g/mol. The number of alkyl halides is 1. The normalized spacial score (nSPS) is 16.0. The van der Waals surface area contributed by atoms with Gasteiger partial charge < -0.3 is 0 Å². The van der Waals surface area contributed by atoms with E-state index in [0.29, 0.717) is 5.02 Å². The van der Waals surface area contributed by atoms with Crippen LogP contribution in [0.15, 0.2) is 18.2 Å². The molecule has 1 saturated carbocycles. The van der Waals surface area contributed by atoms with Gasteiger partial charge in [0.2, 0.25) is 0 Å². The third-order valence-electron chi connectivity index (χ3n) is 3.56. The quantitative estimate of drug-likeness (QED) is 0.642.